The summed E-state index contributed by atoms with van der Waals surface area (Å²) in [6.07, 6.45) is 2.73. The minimum atomic E-state index is -0.611. The van der Waals surface area contributed by atoms with Crippen LogP contribution in [0.1, 0.15) is 26.3 Å². The smallest absolute Gasteiger partial charge is 0.407 e. The average Bonchev–Trinajstić information content (AvgIpc) is 3.18. The third-order valence-electron chi connectivity index (χ3n) is 4.95. The van der Waals surface area contributed by atoms with Crippen molar-refractivity contribution >= 4 is 49.4 Å². The van der Waals surface area contributed by atoms with Crippen molar-refractivity contribution in [2.75, 3.05) is 11.9 Å². The molecular weight excluding hydrogens is 533 g/mol. The Hall–Kier alpha value is -3.11. The summed E-state index contributed by atoms with van der Waals surface area (Å²) in [5.74, 6) is 0.303. The first-order valence-corrected chi connectivity index (χ1v) is 12.7. The van der Waals surface area contributed by atoms with Crippen molar-refractivity contribution in [3.05, 3.63) is 70.0 Å². The molecule has 0 spiro atoms. The topological polar surface area (TPSA) is 89.0 Å². The summed E-state index contributed by atoms with van der Waals surface area (Å²) in [6, 6.07) is 11.1. The van der Waals surface area contributed by atoms with Crippen molar-refractivity contribution in [3.8, 4) is 11.4 Å². The predicted molar refractivity (Wildman–Crippen MR) is 140 cm³/mol. The number of carbonyl (C=O) groups is 1. The Morgan fingerprint density at radius 2 is 1.97 bits per heavy atom. The van der Waals surface area contributed by atoms with E-state index in [0.29, 0.717) is 24.3 Å². The van der Waals surface area contributed by atoms with E-state index in [9.17, 15) is 9.18 Å². The Bertz CT molecular complexity index is 1330. The van der Waals surface area contributed by atoms with Crippen molar-refractivity contribution in [1.82, 2.24) is 20.3 Å². The lowest BCUT2D eigenvalue weighted by molar-refractivity contribution is 0.0507. The van der Waals surface area contributed by atoms with Crippen LogP contribution >= 0.6 is 27.3 Å². The molecule has 7 nitrogen and oxygen atoms in total. The molecule has 0 aliphatic heterocycles. The fraction of sp³-hybridized carbons (Fsp3) is 0.280. The molecule has 182 valence electrons. The van der Waals surface area contributed by atoms with Crippen LogP contribution in [0.5, 0.6) is 0 Å². The maximum absolute atomic E-state index is 14.4. The standard InChI is InChI=1S/C25H25BrFN5O2S/c1-25(2,3)34-24(33)30-16(11-15-7-5-4-6-8-15)12-29-23-21-20(18(26)14-35-21)31-22(32-23)17-9-10-28-13-19(17)27/h4-10,13-14,16H,11-12H2,1-3H3,(H,30,33)(H,29,31,32)/t16-/m0/s1. The number of ether oxygens (including phenoxy) is 1. The maximum Gasteiger partial charge on any atom is 0.407 e. The van der Waals surface area contributed by atoms with Crippen molar-refractivity contribution < 1.29 is 13.9 Å². The lowest BCUT2D eigenvalue weighted by atomic mass is 10.1. The van der Waals surface area contributed by atoms with Gasteiger partial charge >= 0.3 is 6.09 Å². The number of aromatic nitrogens is 3. The fourth-order valence-corrected chi connectivity index (χ4v) is 4.98. The molecule has 1 aromatic carbocycles. The van der Waals surface area contributed by atoms with Gasteiger partial charge in [-0.3, -0.25) is 4.98 Å². The SMILES string of the molecule is CC(C)(C)OC(=O)N[C@H](CNc1nc(-c2ccncc2F)nc2c(Br)csc12)Cc1ccccc1. The van der Waals surface area contributed by atoms with E-state index in [2.05, 4.69) is 41.5 Å². The molecule has 0 aliphatic rings. The van der Waals surface area contributed by atoms with E-state index in [0.717, 1.165) is 20.9 Å². The van der Waals surface area contributed by atoms with Crippen LogP contribution in [-0.4, -0.2) is 39.2 Å². The number of carbonyl (C=O) groups excluding carboxylic acids is 1. The van der Waals surface area contributed by atoms with Crippen LogP contribution in [0.15, 0.2) is 58.6 Å². The van der Waals surface area contributed by atoms with E-state index in [-0.39, 0.29) is 17.4 Å². The van der Waals surface area contributed by atoms with Gasteiger partial charge in [0.15, 0.2) is 11.6 Å². The Kier molecular flexibility index (Phi) is 7.61. The number of halogens is 2. The van der Waals surface area contributed by atoms with Crippen LogP contribution in [0.4, 0.5) is 15.0 Å². The Balaban J connectivity index is 1.62. The minimum absolute atomic E-state index is 0.249. The third-order valence-corrected chi connectivity index (χ3v) is 6.83. The monoisotopic (exact) mass is 557 g/mol. The molecule has 0 aliphatic carbocycles. The minimum Gasteiger partial charge on any atom is -0.444 e. The van der Waals surface area contributed by atoms with Gasteiger partial charge in [0.25, 0.3) is 0 Å². The summed E-state index contributed by atoms with van der Waals surface area (Å²) < 4.78 is 21.5. The highest BCUT2D eigenvalue weighted by Gasteiger charge is 2.21. The van der Waals surface area contributed by atoms with E-state index in [1.165, 1.54) is 17.5 Å². The summed E-state index contributed by atoms with van der Waals surface area (Å²) in [5.41, 5.74) is 1.40. The Labute approximate surface area is 215 Å². The van der Waals surface area contributed by atoms with Gasteiger partial charge in [0, 0.05) is 18.1 Å². The van der Waals surface area contributed by atoms with Crippen molar-refractivity contribution in [2.45, 2.75) is 38.8 Å². The van der Waals surface area contributed by atoms with Crippen LogP contribution in [0.25, 0.3) is 21.6 Å². The van der Waals surface area contributed by atoms with E-state index in [4.69, 9.17) is 4.74 Å². The van der Waals surface area contributed by atoms with Gasteiger partial charge in [-0.05, 0) is 54.8 Å². The average molecular weight is 558 g/mol. The largest absolute Gasteiger partial charge is 0.444 e. The van der Waals surface area contributed by atoms with Gasteiger partial charge in [-0.1, -0.05) is 30.3 Å². The summed E-state index contributed by atoms with van der Waals surface area (Å²) >= 11 is 5.00. The van der Waals surface area contributed by atoms with E-state index < -0.39 is 17.5 Å². The molecular formula is C25H25BrFN5O2S. The Morgan fingerprint density at radius 3 is 2.69 bits per heavy atom. The molecule has 3 heterocycles. The van der Waals surface area contributed by atoms with Gasteiger partial charge in [-0.25, -0.2) is 19.2 Å². The van der Waals surface area contributed by atoms with Gasteiger partial charge in [-0.15, -0.1) is 11.3 Å². The summed E-state index contributed by atoms with van der Waals surface area (Å²) in [7, 11) is 0. The van der Waals surface area contributed by atoms with Crippen LogP contribution in [0.2, 0.25) is 0 Å². The molecule has 0 fully saturated rings. The van der Waals surface area contributed by atoms with Crippen molar-refractivity contribution in [3.63, 3.8) is 0 Å². The first-order valence-electron chi connectivity index (χ1n) is 11.0. The number of fused-ring (bicyclic) bond motifs is 1. The molecule has 10 heteroatoms. The van der Waals surface area contributed by atoms with Crippen LogP contribution in [0.3, 0.4) is 0 Å². The van der Waals surface area contributed by atoms with Crippen molar-refractivity contribution in [2.24, 2.45) is 0 Å². The number of alkyl carbamates (subject to hydrolysis) is 1. The van der Waals surface area contributed by atoms with Crippen LogP contribution < -0.4 is 10.6 Å². The maximum atomic E-state index is 14.4. The zero-order chi connectivity index (χ0) is 25.0. The molecule has 4 rings (SSSR count). The van der Waals surface area contributed by atoms with Gasteiger partial charge in [-0.2, -0.15) is 0 Å². The van der Waals surface area contributed by atoms with E-state index in [1.807, 2.05) is 56.5 Å². The quantitative estimate of drug-likeness (QED) is 0.281. The van der Waals surface area contributed by atoms with Gasteiger partial charge in [0.1, 0.15) is 16.9 Å². The second-order valence-electron chi connectivity index (χ2n) is 8.93. The highest BCUT2D eigenvalue weighted by Crippen LogP contribution is 2.35. The zero-order valence-corrected chi connectivity index (χ0v) is 21.9. The summed E-state index contributed by atoms with van der Waals surface area (Å²) in [5, 5.41) is 8.22. The molecule has 35 heavy (non-hydrogen) atoms. The number of nitrogens with zero attached hydrogens (tertiary/aromatic N) is 3. The van der Waals surface area contributed by atoms with E-state index >= 15 is 0 Å². The molecule has 0 bridgehead atoms. The predicted octanol–water partition coefficient (Wildman–Crippen LogP) is 6.20. The lowest BCUT2D eigenvalue weighted by Crippen LogP contribution is -2.43. The molecule has 0 unspecified atom stereocenters. The highest BCUT2D eigenvalue weighted by atomic mass is 79.9. The first-order chi connectivity index (χ1) is 16.7. The molecule has 1 atom stereocenters. The summed E-state index contributed by atoms with van der Waals surface area (Å²) in [4.78, 5) is 25.5. The third kappa shape index (κ3) is 6.52. The number of nitrogens with one attached hydrogen (secondary N) is 2. The summed E-state index contributed by atoms with van der Waals surface area (Å²) in [6.45, 7) is 5.84. The molecule has 0 saturated heterocycles. The van der Waals surface area contributed by atoms with Crippen molar-refractivity contribution in [1.29, 1.82) is 0 Å². The number of thiophene rings is 1. The number of hydrogen-bond donors (Lipinski definition) is 2. The second-order valence-corrected chi connectivity index (χ2v) is 10.7. The molecule has 0 radical (unpaired) electrons. The normalized spacial score (nSPS) is 12.4. The fourth-order valence-electron chi connectivity index (χ4n) is 3.45. The van der Waals surface area contributed by atoms with Gasteiger partial charge in [0.05, 0.1) is 27.0 Å². The molecule has 1 amide bonds. The van der Waals surface area contributed by atoms with Gasteiger partial charge in [0.2, 0.25) is 0 Å². The van der Waals surface area contributed by atoms with Crippen LogP contribution in [-0.2, 0) is 11.2 Å². The molecule has 0 saturated carbocycles. The molecule has 4 aromatic rings. The number of pyridine rings is 1. The van der Waals surface area contributed by atoms with Gasteiger partial charge < -0.3 is 15.4 Å². The second kappa shape index (κ2) is 10.7. The van der Waals surface area contributed by atoms with E-state index in [1.54, 1.807) is 6.07 Å². The molecule has 2 N–H and O–H groups in total. The van der Waals surface area contributed by atoms with Crippen LogP contribution in [0, 0.1) is 5.82 Å². The zero-order valence-electron chi connectivity index (χ0n) is 19.5. The molecule has 3 aromatic heterocycles. The number of anilines is 1. The Morgan fingerprint density at radius 1 is 1.20 bits per heavy atom. The first kappa shape index (κ1) is 25.0. The highest BCUT2D eigenvalue weighted by molar-refractivity contribution is 9.10. The number of hydrogen-bond acceptors (Lipinski definition) is 7. The number of benzene rings is 1. The number of amides is 1. The number of rotatable bonds is 7. The lowest BCUT2D eigenvalue weighted by Gasteiger charge is -2.24.